The number of amides is 1. The highest BCUT2D eigenvalue weighted by atomic mass is 32.2. The van der Waals surface area contributed by atoms with E-state index in [4.69, 9.17) is 0 Å². The molecule has 1 heterocycles. The average Bonchev–Trinajstić information content (AvgIpc) is 2.61. The van der Waals surface area contributed by atoms with Crippen LogP contribution in [0, 0.1) is 5.92 Å². The lowest BCUT2D eigenvalue weighted by molar-refractivity contribution is -0.139. The number of aliphatic carboxylic acids is 1. The van der Waals surface area contributed by atoms with Crippen molar-refractivity contribution in [2.24, 2.45) is 5.92 Å². The van der Waals surface area contributed by atoms with Crippen molar-refractivity contribution < 1.29 is 23.1 Å². The zero-order valence-corrected chi connectivity index (χ0v) is 16.0. The van der Waals surface area contributed by atoms with Gasteiger partial charge in [0.15, 0.2) is 0 Å². The lowest BCUT2D eigenvalue weighted by Gasteiger charge is -2.26. The van der Waals surface area contributed by atoms with Gasteiger partial charge in [-0.15, -0.1) is 0 Å². The molecule has 2 N–H and O–H groups in total. The fourth-order valence-corrected chi connectivity index (χ4v) is 4.55. The molecule has 0 radical (unpaired) electrons. The van der Waals surface area contributed by atoms with Gasteiger partial charge in [0.05, 0.1) is 4.90 Å². The van der Waals surface area contributed by atoms with E-state index in [0.29, 0.717) is 19.5 Å². The number of piperidine rings is 1. The topological polar surface area (TPSA) is 104 Å². The highest BCUT2D eigenvalue weighted by Crippen LogP contribution is 2.21. The molecule has 0 saturated carbocycles. The van der Waals surface area contributed by atoms with Gasteiger partial charge >= 0.3 is 5.97 Å². The number of carboxylic acids is 1. The van der Waals surface area contributed by atoms with Crippen LogP contribution in [-0.4, -0.2) is 48.8 Å². The molecule has 26 heavy (non-hydrogen) atoms. The van der Waals surface area contributed by atoms with E-state index in [1.165, 1.54) is 28.6 Å². The number of carbonyl (C=O) groups is 2. The van der Waals surface area contributed by atoms with Crippen molar-refractivity contribution in [1.29, 1.82) is 0 Å². The summed E-state index contributed by atoms with van der Waals surface area (Å²) in [5.74, 6) is -1.60. The zero-order chi connectivity index (χ0) is 19.3. The highest BCUT2D eigenvalue weighted by molar-refractivity contribution is 7.89. The third-order valence-corrected chi connectivity index (χ3v) is 6.25. The molecule has 1 unspecified atom stereocenters. The highest BCUT2D eigenvalue weighted by Gasteiger charge is 2.27. The van der Waals surface area contributed by atoms with E-state index < -0.39 is 27.9 Å². The smallest absolute Gasteiger partial charge is 0.326 e. The Morgan fingerprint density at radius 1 is 1.19 bits per heavy atom. The van der Waals surface area contributed by atoms with E-state index in [9.17, 15) is 23.1 Å². The first-order valence-electron chi connectivity index (χ1n) is 8.85. The molecule has 1 atom stereocenters. The van der Waals surface area contributed by atoms with Crippen LogP contribution in [0.4, 0.5) is 0 Å². The Labute approximate surface area is 154 Å². The maximum Gasteiger partial charge on any atom is 0.326 e. The largest absolute Gasteiger partial charge is 0.480 e. The number of benzene rings is 1. The third kappa shape index (κ3) is 5.04. The molecule has 1 aromatic carbocycles. The van der Waals surface area contributed by atoms with Crippen LogP contribution in [0.25, 0.3) is 0 Å². The molecule has 0 bridgehead atoms. The van der Waals surface area contributed by atoms with Gasteiger partial charge in [-0.05, 0) is 43.4 Å². The average molecular weight is 382 g/mol. The van der Waals surface area contributed by atoms with Gasteiger partial charge in [-0.2, -0.15) is 4.31 Å². The molecule has 1 amide bonds. The Balaban J connectivity index is 2.19. The molecule has 2 rings (SSSR count). The molecule has 1 fully saturated rings. The van der Waals surface area contributed by atoms with Crippen LogP contribution in [-0.2, 0) is 14.8 Å². The van der Waals surface area contributed by atoms with Crippen LogP contribution in [0.3, 0.4) is 0 Å². The summed E-state index contributed by atoms with van der Waals surface area (Å²) in [4.78, 5) is 23.8. The second-order valence-corrected chi connectivity index (χ2v) is 8.92. The molecule has 1 saturated heterocycles. The van der Waals surface area contributed by atoms with Crippen molar-refractivity contribution in [3.63, 3.8) is 0 Å². The van der Waals surface area contributed by atoms with E-state index in [1.807, 2.05) is 13.8 Å². The van der Waals surface area contributed by atoms with Crippen LogP contribution in [0.1, 0.15) is 49.9 Å². The monoisotopic (exact) mass is 382 g/mol. The SMILES string of the molecule is CC(C)CC(NC(=O)c1cccc(S(=O)(=O)N2CCCCC2)c1)C(=O)O. The summed E-state index contributed by atoms with van der Waals surface area (Å²) >= 11 is 0. The minimum atomic E-state index is -3.64. The van der Waals surface area contributed by atoms with Crippen molar-refractivity contribution in [3.05, 3.63) is 29.8 Å². The van der Waals surface area contributed by atoms with Gasteiger partial charge in [0.2, 0.25) is 10.0 Å². The van der Waals surface area contributed by atoms with E-state index in [2.05, 4.69) is 5.32 Å². The maximum atomic E-state index is 12.7. The molecule has 0 aromatic heterocycles. The molecule has 0 spiro atoms. The Kier molecular flexibility index (Phi) is 6.77. The molecule has 8 heteroatoms. The summed E-state index contributed by atoms with van der Waals surface area (Å²) in [7, 11) is -3.64. The van der Waals surface area contributed by atoms with E-state index in [1.54, 1.807) is 0 Å². The van der Waals surface area contributed by atoms with Gasteiger partial charge < -0.3 is 10.4 Å². The van der Waals surface area contributed by atoms with Crippen molar-refractivity contribution >= 4 is 21.9 Å². The summed E-state index contributed by atoms with van der Waals surface area (Å²) in [5.41, 5.74) is 0.137. The van der Waals surface area contributed by atoms with Gasteiger partial charge in [-0.25, -0.2) is 13.2 Å². The third-order valence-electron chi connectivity index (χ3n) is 4.36. The maximum absolute atomic E-state index is 12.7. The number of nitrogens with zero attached hydrogens (tertiary/aromatic N) is 1. The number of hydrogen-bond donors (Lipinski definition) is 2. The Morgan fingerprint density at radius 3 is 2.42 bits per heavy atom. The van der Waals surface area contributed by atoms with Gasteiger partial charge in [-0.3, -0.25) is 4.79 Å². The summed E-state index contributed by atoms with van der Waals surface area (Å²) in [6, 6.07) is 4.75. The molecular weight excluding hydrogens is 356 g/mol. The molecule has 1 aliphatic heterocycles. The van der Waals surface area contributed by atoms with Crippen molar-refractivity contribution in [2.45, 2.75) is 50.5 Å². The molecule has 1 aromatic rings. The van der Waals surface area contributed by atoms with Crippen molar-refractivity contribution in [2.75, 3.05) is 13.1 Å². The minimum absolute atomic E-state index is 0.0581. The van der Waals surface area contributed by atoms with E-state index >= 15 is 0 Å². The molecule has 7 nitrogen and oxygen atoms in total. The van der Waals surface area contributed by atoms with Gasteiger partial charge in [0, 0.05) is 18.7 Å². The number of rotatable bonds is 7. The molecule has 0 aliphatic carbocycles. The summed E-state index contributed by atoms with van der Waals surface area (Å²) < 4.78 is 26.9. The predicted octanol–water partition coefficient (Wildman–Crippen LogP) is 2.09. The predicted molar refractivity (Wildman–Crippen MR) is 97.4 cm³/mol. The fourth-order valence-electron chi connectivity index (χ4n) is 2.99. The standard InChI is InChI=1S/C18H26N2O5S/c1-13(2)11-16(18(22)23)19-17(21)14-7-6-8-15(12-14)26(24,25)20-9-4-3-5-10-20/h6-8,12-13,16H,3-5,9-11H2,1-2H3,(H,19,21)(H,22,23). The molecule has 1 aliphatic rings. The van der Waals surface area contributed by atoms with E-state index in [-0.39, 0.29) is 16.4 Å². The Hall–Kier alpha value is -1.93. The molecule has 144 valence electrons. The number of hydrogen-bond acceptors (Lipinski definition) is 4. The first-order valence-corrected chi connectivity index (χ1v) is 10.3. The van der Waals surface area contributed by atoms with E-state index in [0.717, 1.165) is 19.3 Å². The van der Waals surface area contributed by atoms with Crippen LogP contribution in [0.15, 0.2) is 29.2 Å². The normalized spacial score (nSPS) is 17.0. The zero-order valence-electron chi connectivity index (χ0n) is 15.1. The quantitative estimate of drug-likeness (QED) is 0.751. The number of nitrogens with one attached hydrogen (secondary N) is 1. The van der Waals surface area contributed by atoms with Crippen LogP contribution in [0.2, 0.25) is 0 Å². The number of carbonyl (C=O) groups excluding carboxylic acids is 1. The minimum Gasteiger partial charge on any atom is -0.480 e. The first kappa shape index (κ1) is 20.4. The summed E-state index contributed by atoms with van der Waals surface area (Å²) in [6.07, 6.45) is 2.97. The molecular formula is C18H26N2O5S. The van der Waals surface area contributed by atoms with Crippen molar-refractivity contribution in [1.82, 2.24) is 9.62 Å². The Morgan fingerprint density at radius 2 is 1.85 bits per heavy atom. The lowest BCUT2D eigenvalue weighted by Crippen LogP contribution is -2.41. The Bertz CT molecular complexity index is 755. The van der Waals surface area contributed by atoms with Gasteiger partial charge in [0.25, 0.3) is 5.91 Å². The van der Waals surface area contributed by atoms with Gasteiger partial charge in [0.1, 0.15) is 6.04 Å². The van der Waals surface area contributed by atoms with Crippen LogP contribution < -0.4 is 5.32 Å². The number of sulfonamides is 1. The number of carboxylic acid groups (broad SMARTS) is 1. The fraction of sp³-hybridized carbons (Fsp3) is 0.556. The summed E-state index contributed by atoms with van der Waals surface area (Å²) in [5, 5.41) is 11.7. The van der Waals surface area contributed by atoms with Crippen molar-refractivity contribution in [3.8, 4) is 0 Å². The second kappa shape index (κ2) is 8.64. The summed E-state index contributed by atoms with van der Waals surface area (Å²) in [6.45, 7) is 4.70. The van der Waals surface area contributed by atoms with Crippen LogP contribution in [0.5, 0.6) is 0 Å². The first-order chi connectivity index (χ1) is 12.2. The lowest BCUT2D eigenvalue weighted by atomic mass is 10.0. The second-order valence-electron chi connectivity index (χ2n) is 6.99. The van der Waals surface area contributed by atoms with Gasteiger partial charge in [-0.1, -0.05) is 26.3 Å². The van der Waals surface area contributed by atoms with Crippen LogP contribution >= 0.6 is 0 Å².